The molecular weight excluding hydrogens is 476 g/mol. The minimum atomic E-state index is -0.0200. The summed E-state index contributed by atoms with van der Waals surface area (Å²) in [6.45, 7) is 21.6. The Balaban J connectivity index is 0.000000516. The number of carbonyl (C=O) groups excluding carboxylic acids is 1. The van der Waals surface area contributed by atoms with Gasteiger partial charge in [-0.05, 0) is 86.8 Å². The lowest BCUT2D eigenvalue weighted by molar-refractivity contribution is 0.112. The molecule has 202 valence electrons. The molecule has 1 saturated heterocycles. The maximum atomic E-state index is 10.9. The Hall–Kier alpha value is -2.49. The number of piperidine rings is 1. The van der Waals surface area contributed by atoms with Crippen molar-refractivity contribution >= 4 is 29.0 Å². The molecule has 0 saturated carbocycles. The molecule has 0 amide bonds. The van der Waals surface area contributed by atoms with E-state index >= 15 is 0 Å². The van der Waals surface area contributed by atoms with Gasteiger partial charge >= 0.3 is 0 Å². The van der Waals surface area contributed by atoms with Crippen LogP contribution in [0.1, 0.15) is 94.9 Å². The first-order valence-corrected chi connectivity index (χ1v) is 13.8. The SMILES string of the molecule is C=C/C(=C\C(=C/C)c1ccnc(C(C)(C)C)c1)c1ccc(C=O)cc1Cl.CC1CCN(C)CC1.CCC. The summed E-state index contributed by atoms with van der Waals surface area (Å²) in [5.41, 5.74) is 5.46. The smallest absolute Gasteiger partial charge is 0.150 e. The lowest BCUT2D eigenvalue weighted by Crippen LogP contribution is -2.28. The predicted molar refractivity (Wildman–Crippen MR) is 163 cm³/mol. The molecule has 0 N–H and O–H groups in total. The summed E-state index contributed by atoms with van der Waals surface area (Å²) < 4.78 is 0. The van der Waals surface area contributed by atoms with Crippen LogP contribution in [-0.2, 0) is 5.41 Å². The summed E-state index contributed by atoms with van der Waals surface area (Å²) in [4.78, 5) is 17.8. The fourth-order valence-electron chi connectivity index (χ4n) is 3.74. The highest BCUT2D eigenvalue weighted by atomic mass is 35.5. The number of nitrogens with zero attached hydrogens (tertiary/aromatic N) is 2. The Morgan fingerprint density at radius 1 is 1.14 bits per heavy atom. The van der Waals surface area contributed by atoms with E-state index in [0.29, 0.717) is 10.6 Å². The van der Waals surface area contributed by atoms with Crippen molar-refractivity contribution in [3.8, 4) is 0 Å². The normalized spacial score (nSPS) is 15.2. The third kappa shape index (κ3) is 11.2. The summed E-state index contributed by atoms with van der Waals surface area (Å²) in [6, 6.07) is 9.38. The van der Waals surface area contributed by atoms with Gasteiger partial charge in [0.2, 0.25) is 0 Å². The lowest BCUT2D eigenvalue weighted by Gasteiger charge is -2.26. The van der Waals surface area contributed by atoms with E-state index in [1.54, 1.807) is 18.2 Å². The van der Waals surface area contributed by atoms with Gasteiger partial charge in [0.25, 0.3) is 0 Å². The van der Waals surface area contributed by atoms with Gasteiger partial charge in [-0.1, -0.05) is 90.4 Å². The Morgan fingerprint density at radius 3 is 2.22 bits per heavy atom. The summed E-state index contributed by atoms with van der Waals surface area (Å²) >= 11 is 6.36. The van der Waals surface area contributed by atoms with Gasteiger partial charge in [0.05, 0.1) is 0 Å². The van der Waals surface area contributed by atoms with E-state index in [-0.39, 0.29) is 5.41 Å². The Morgan fingerprint density at radius 2 is 1.76 bits per heavy atom. The first kappa shape index (κ1) is 32.5. The number of allylic oxidation sites excluding steroid dienone is 5. The molecule has 0 aliphatic carbocycles. The van der Waals surface area contributed by atoms with E-state index in [9.17, 15) is 4.79 Å². The third-order valence-electron chi connectivity index (χ3n) is 6.15. The van der Waals surface area contributed by atoms with Crippen molar-refractivity contribution in [2.75, 3.05) is 20.1 Å². The average Bonchev–Trinajstić information content (AvgIpc) is 2.87. The van der Waals surface area contributed by atoms with Crippen molar-refractivity contribution in [2.45, 2.75) is 73.1 Å². The average molecular weight is 523 g/mol. The molecule has 1 fully saturated rings. The summed E-state index contributed by atoms with van der Waals surface area (Å²) in [5.74, 6) is 0.978. The van der Waals surface area contributed by atoms with Crippen molar-refractivity contribution in [1.29, 1.82) is 0 Å². The van der Waals surface area contributed by atoms with Gasteiger partial charge in [-0.15, -0.1) is 0 Å². The van der Waals surface area contributed by atoms with Gasteiger partial charge in [-0.2, -0.15) is 0 Å². The maximum Gasteiger partial charge on any atom is 0.150 e. The molecule has 37 heavy (non-hydrogen) atoms. The highest BCUT2D eigenvalue weighted by molar-refractivity contribution is 6.32. The zero-order chi connectivity index (χ0) is 28.0. The minimum Gasteiger partial charge on any atom is -0.306 e. The molecule has 1 aromatic heterocycles. The minimum absolute atomic E-state index is 0.0200. The van der Waals surface area contributed by atoms with Crippen molar-refractivity contribution in [1.82, 2.24) is 9.88 Å². The fourth-order valence-corrected chi connectivity index (χ4v) is 4.04. The van der Waals surface area contributed by atoms with E-state index < -0.39 is 0 Å². The molecule has 3 nitrogen and oxygen atoms in total. The first-order chi connectivity index (χ1) is 17.5. The number of hydrogen-bond acceptors (Lipinski definition) is 3. The molecule has 0 spiro atoms. The number of carbonyl (C=O) groups is 1. The molecule has 1 aliphatic heterocycles. The second kappa shape index (κ2) is 16.4. The molecule has 2 heterocycles. The van der Waals surface area contributed by atoms with Crippen LogP contribution in [0.2, 0.25) is 5.02 Å². The molecule has 0 unspecified atom stereocenters. The zero-order valence-electron chi connectivity index (χ0n) is 24.3. The van der Waals surface area contributed by atoms with E-state index in [1.165, 1.54) is 32.4 Å². The molecular formula is C33H47ClN2O. The van der Waals surface area contributed by atoms with Crippen LogP contribution in [0.3, 0.4) is 0 Å². The van der Waals surface area contributed by atoms with Crippen LogP contribution < -0.4 is 0 Å². The van der Waals surface area contributed by atoms with Gasteiger partial charge in [0.1, 0.15) is 6.29 Å². The third-order valence-corrected chi connectivity index (χ3v) is 6.46. The summed E-state index contributed by atoms with van der Waals surface area (Å²) in [6.07, 6.45) is 12.6. The molecule has 3 rings (SSSR count). The number of rotatable bonds is 5. The molecule has 1 aliphatic rings. The van der Waals surface area contributed by atoms with Crippen LogP contribution in [0.4, 0.5) is 0 Å². The quantitative estimate of drug-likeness (QED) is 0.289. The molecule has 2 aromatic rings. The number of aldehydes is 1. The van der Waals surface area contributed by atoms with Gasteiger partial charge < -0.3 is 4.90 Å². The van der Waals surface area contributed by atoms with Gasteiger partial charge in [0, 0.05) is 33.5 Å². The first-order valence-electron chi connectivity index (χ1n) is 13.4. The van der Waals surface area contributed by atoms with Crippen LogP contribution in [0.15, 0.2) is 61.3 Å². The second-order valence-corrected chi connectivity index (χ2v) is 11.2. The Labute approximate surface area is 231 Å². The highest BCUT2D eigenvalue weighted by Gasteiger charge is 2.16. The van der Waals surface area contributed by atoms with Crippen LogP contribution in [0, 0.1) is 5.92 Å². The Bertz CT molecular complexity index is 1040. The van der Waals surface area contributed by atoms with Gasteiger partial charge in [-0.25, -0.2) is 0 Å². The van der Waals surface area contributed by atoms with Crippen molar-refractivity contribution < 1.29 is 4.79 Å². The van der Waals surface area contributed by atoms with Gasteiger partial charge in [0.15, 0.2) is 0 Å². The van der Waals surface area contributed by atoms with E-state index in [1.807, 2.05) is 25.3 Å². The van der Waals surface area contributed by atoms with Crippen molar-refractivity contribution in [3.63, 3.8) is 0 Å². The van der Waals surface area contributed by atoms with Crippen LogP contribution in [0.25, 0.3) is 11.1 Å². The maximum absolute atomic E-state index is 10.9. The standard InChI is InChI=1S/C23H24ClNO.C7H15N.C3H8/c1-6-17(19-10-11-25-22(14-19)23(3,4)5)13-18(7-2)20-9-8-16(15-26)12-21(20)24;1-7-3-5-8(2)6-4-7;1-3-2/h6-15H,2H2,1,3-5H3;7H,3-6H2,1-2H3;3H2,1-2H3/b17-6+,18-13+;;. The molecule has 0 bridgehead atoms. The van der Waals surface area contributed by atoms with E-state index in [0.717, 1.165) is 40.2 Å². The molecule has 4 heteroatoms. The monoisotopic (exact) mass is 522 g/mol. The predicted octanol–water partition coefficient (Wildman–Crippen LogP) is 9.28. The van der Waals surface area contributed by atoms with Gasteiger partial charge in [-0.3, -0.25) is 9.78 Å². The van der Waals surface area contributed by atoms with Crippen molar-refractivity contribution in [3.05, 3.63) is 88.7 Å². The number of hydrogen-bond donors (Lipinski definition) is 0. The van der Waals surface area contributed by atoms with Crippen LogP contribution in [0.5, 0.6) is 0 Å². The molecule has 0 radical (unpaired) electrons. The second-order valence-electron chi connectivity index (χ2n) is 10.8. The number of halogens is 1. The summed E-state index contributed by atoms with van der Waals surface area (Å²) in [5, 5.41) is 0.529. The number of likely N-dealkylation sites (tertiary alicyclic amines) is 1. The summed E-state index contributed by atoms with van der Waals surface area (Å²) in [7, 11) is 2.20. The largest absolute Gasteiger partial charge is 0.306 e. The zero-order valence-corrected chi connectivity index (χ0v) is 25.0. The Kier molecular flexibility index (Phi) is 14.4. The number of benzene rings is 1. The number of aromatic nitrogens is 1. The molecule has 0 atom stereocenters. The number of pyridine rings is 1. The topological polar surface area (TPSA) is 33.2 Å². The lowest BCUT2D eigenvalue weighted by atomic mass is 9.89. The van der Waals surface area contributed by atoms with Crippen LogP contribution in [-0.4, -0.2) is 36.3 Å². The molecule has 1 aromatic carbocycles. The highest BCUT2D eigenvalue weighted by Crippen LogP contribution is 2.30. The van der Waals surface area contributed by atoms with Crippen LogP contribution >= 0.6 is 11.6 Å². The fraction of sp³-hybridized carbons (Fsp3) is 0.455. The van der Waals surface area contributed by atoms with Crippen molar-refractivity contribution in [2.24, 2.45) is 5.92 Å². The van der Waals surface area contributed by atoms with E-state index in [4.69, 9.17) is 11.6 Å². The van der Waals surface area contributed by atoms with E-state index in [2.05, 4.69) is 83.3 Å².